The van der Waals surface area contributed by atoms with Crippen LogP contribution >= 0.6 is 0 Å². The molecule has 0 aliphatic carbocycles. The Hall–Kier alpha value is -2.95. The van der Waals surface area contributed by atoms with E-state index >= 15 is 0 Å². The Morgan fingerprint density at radius 2 is 1.93 bits per heavy atom. The Kier molecular flexibility index (Phi) is 5.98. The van der Waals surface area contributed by atoms with Crippen LogP contribution in [0.4, 0.5) is 0 Å². The van der Waals surface area contributed by atoms with Gasteiger partial charge in [0.05, 0.1) is 0 Å². The zero-order valence-electron chi connectivity index (χ0n) is 18.0. The Morgan fingerprint density at radius 1 is 1.13 bits per heavy atom. The van der Waals surface area contributed by atoms with Gasteiger partial charge in [-0.3, -0.25) is 4.79 Å². The molecule has 0 saturated carbocycles. The van der Waals surface area contributed by atoms with Crippen LogP contribution in [-0.4, -0.2) is 23.8 Å². The van der Waals surface area contributed by atoms with Crippen molar-refractivity contribution in [2.75, 3.05) is 13.3 Å². The van der Waals surface area contributed by atoms with Gasteiger partial charge in [-0.05, 0) is 48.6 Å². The Bertz CT molecular complexity index is 1040. The van der Waals surface area contributed by atoms with Gasteiger partial charge in [-0.2, -0.15) is 0 Å². The smallest absolute Gasteiger partial charge is 0.231 e. The van der Waals surface area contributed by atoms with E-state index in [4.69, 9.17) is 9.47 Å². The molecular formula is C25H30N2O3. The molecule has 2 aromatic carbocycles. The van der Waals surface area contributed by atoms with Crippen LogP contribution in [0.25, 0.3) is 10.9 Å². The molecule has 0 radical (unpaired) electrons. The summed E-state index contributed by atoms with van der Waals surface area (Å²) in [6.45, 7) is 8.32. The van der Waals surface area contributed by atoms with Gasteiger partial charge in [-0.25, -0.2) is 0 Å². The van der Waals surface area contributed by atoms with Crippen molar-refractivity contribution in [1.82, 2.24) is 9.88 Å². The molecular weight excluding hydrogens is 376 g/mol. The highest BCUT2D eigenvalue weighted by Crippen LogP contribution is 2.40. The molecule has 0 saturated heterocycles. The maximum Gasteiger partial charge on any atom is 0.231 e. The van der Waals surface area contributed by atoms with Crippen LogP contribution in [0.15, 0.2) is 48.7 Å². The molecule has 0 bridgehead atoms. The van der Waals surface area contributed by atoms with Gasteiger partial charge in [0.25, 0.3) is 0 Å². The fourth-order valence-electron chi connectivity index (χ4n) is 4.11. The largest absolute Gasteiger partial charge is 0.454 e. The molecule has 1 atom stereocenters. The van der Waals surface area contributed by atoms with Crippen molar-refractivity contribution < 1.29 is 14.3 Å². The molecule has 0 unspecified atom stereocenters. The first kappa shape index (κ1) is 20.3. The second kappa shape index (κ2) is 8.82. The first-order valence-electron chi connectivity index (χ1n) is 10.8. The second-order valence-corrected chi connectivity index (χ2v) is 8.29. The summed E-state index contributed by atoms with van der Waals surface area (Å²) in [5, 5.41) is 4.30. The zero-order valence-corrected chi connectivity index (χ0v) is 18.0. The normalized spacial score (nSPS) is 13.7. The summed E-state index contributed by atoms with van der Waals surface area (Å²) in [7, 11) is 0. The van der Waals surface area contributed by atoms with Gasteiger partial charge in [-0.15, -0.1) is 0 Å². The number of aromatic nitrogens is 1. The minimum absolute atomic E-state index is 0.0590. The third kappa shape index (κ3) is 4.16. The quantitative estimate of drug-likeness (QED) is 0.568. The standard InChI is InChI=1S/C25H30N2O3/c1-4-27-15-21(19-7-5-6-8-22(19)27)20(14-25(28)26-12-11-17(2)3)18-9-10-23-24(13-18)30-16-29-23/h5-10,13,15,17,20H,4,11-12,14,16H2,1-3H3,(H,26,28)/t20-/m1/s1. The molecule has 1 N–H and O–H groups in total. The fourth-order valence-corrected chi connectivity index (χ4v) is 4.11. The van der Waals surface area contributed by atoms with Crippen molar-refractivity contribution in [3.63, 3.8) is 0 Å². The predicted molar refractivity (Wildman–Crippen MR) is 119 cm³/mol. The number of ether oxygens (including phenoxy) is 2. The monoisotopic (exact) mass is 406 g/mol. The number of aryl methyl sites for hydroxylation is 1. The molecule has 0 spiro atoms. The maximum atomic E-state index is 12.9. The van der Waals surface area contributed by atoms with Gasteiger partial charge in [0, 0.05) is 42.5 Å². The van der Waals surface area contributed by atoms with E-state index in [0.29, 0.717) is 18.9 Å². The Balaban J connectivity index is 1.70. The molecule has 1 amide bonds. The van der Waals surface area contributed by atoms with Crippen molar-refractivity contribution in [2.45, 2.75) is 46.1 Å². The first-order valence-corrected chi connectivity index (χ1v) is 10.8. The average molecular weight is 407 g/mol. The molecule has 3 aromatic rings. The second-order valence-electron chi connectivity index (χ2n) is 8.29. The number of hydrogen-bond donors (Lipinski definition) is 1. The van der Waals surface area contributed by atoms with E-state index in [1.807, 2.05) is 12.1 Å². The lowest BCUT2D eigenvalue weighted by Crippen LogP contribution is -2.27. The SMILES string of the molecule is CCn1cc([C@H](CC(=O)NCCC(C)C)c2ccc3c(c2)OCO3)c2ccccc21. The number of benzene rings is 2. The topological polar surface area (TPSA) is 52.5 Å². The lowest BCUT2D eigenvalue weighted by atomic mass is 9.87. The molecule has 5 heteroatoms. The number of para-hydroxylation sites is 1. The van der Waals surface area contributed by atoms with E-state index in [1.165, 1.54) is 16.5 Å². The average Bonchev–Trinajstić information content (AvgIpc) is 3.35. The van der Waals surface area contributed by atoms with Gasteiger partial charge in [0.2, 0.25) is 12.7 Å². The summed E-state index contributed by atoms with van der Waals surface area (Å²) in [6.07, 6.45) is 3.58. The third-order valence-electron chi connectivity index (χ3n) is 5.77. The Morgan fingerprint density at radius 3 is 2.73 bits per heavy atom. The molecule has 1 aliphatic heterocycles. The molecule has 1 aromatic heterocycles. The molecule has 0 fully saturated rings. The number of rotatable bonds is 8. The molecule has 4 rings (SSSR count). The highest BCUT2D eigenvalue weighted by molar-refractivity contribution is 5.86. The van der Waals surface area contributed by atoms with Crippen molar-refractivity contribution in [1.29, 1.82) is 0 Å². The van der Waals surface area contributed by atoms with Gasteiger partial charge in [0.1, 0.15) is 0 Å². The van der Waals surface area contributed by atoms with Crippen molar-refractivity contribution in [3.05, 3.63) is 59.8 Å². The van der Waals surface area contributed by atoms with Crippen molar-refractivity contribution in [3.8, 4) is 11.5 Å². The van der Waals surface area contributed by atoms with Crippen molar-refractivity contribution in [2.24, 2.45) is 5.92 Å². The molecule has 158 valence electrons. The number of hydrogen-bond acceptors (Lipinski definition) is 3. The summed E-state index contributed by atoms with van der Waals surface area (Å²) in [5.41, 5.74) is 3.43. The Labute approximate surface area is 178 Å². The van der Waals surface area contributed by atoms with Crippen LogP contribution < -0.4 is 14.8 Å². The van der Waals surface area contributed by atoms with Gasteiger partial charge in [-0.1, -0.05) is 38.1 Å². The number of nitrogens with one attached hydrogen (secondary N) is 1. The van der Waals surface area contributed by atoms with Crippen LogP contribution in [0.5, 0.6) is 11.5 Å². The van der Waals surface area contributed by atoms with Crippen LogP contribution in [0.1, 0.15) is 50.7 Å². The maximum absolute atomic E-state index is 12.9. The number of fused-ring (bicyclic) bond motifs is 2. The summed E-state index contributed by atoms with van der Waals surface area (Å²) >= 11 is 0. The minimum Gasteiger partial charge on any atom is -0.454 e. The lowest BCUT2D eigenvalue weighted by Gasteiger charge is -2.18. The summed E-state index contributed by atoms with van der Waals surface area (Å²) in [5.74, 6) is 2.09. The number of amides is 1. The van der Waals surface area contributed by atoms with Crippen LogP contribution in [0, 0.1) is 5.92 Å². The van der Waals surface area contributed by atoms with E-state index in [0.717, 1.165) is 30.0 Å². The summed E-state index contributed by atoms with van der Waals surface area (Å²) < 4.78 is 13.3. The van der Waals surface area contributed by atoms with Gasteiger partial charge < -0.3 is 19.4 Å². The van der Waals surface area contributed by atoms with E-state index in [1.54, 1.807) is 0 Å². The predicted octanol–water partition coefficient (Wildman–Crippen LogP) is 5.07. The number of carbonyl (C=O) groups excluding carboxylic acids is 1. The molecule has 1 aliphatic rings. The van der Waals surface area contributed by atoms with Crippen LogP contribution in [0.2, 0.25) is 0 Å². The number of nitrogens with zero attached hydrogens (tertiary/aromatic N) is 1. The minimum atomic E-state index is -0.0590. The molecule has 5 nitrogen and oxygen atoms in total. The zero-order chi connectivity index (χ0) is 21.1. The van der Waals surface area contributed by atoms with Crippen LogP contribution in [0.3, 0.4) is 0 Å². The fraction of sp³-hybridized carbons (Fsp3) is 0.400. The molecule has 2 heterocycles. The van der Waals surface area contributed by atoms with Crippen LogP contribution in [-0.2, 0) is 11.3 Å². The van der Waals surface area contributed by atoms with Gasteiger partial charge in [0.15, 0.2) is 11.5 Å². The summed E-state index contributed by atoms with van der Waals surface area (Å²) in [4.78, 5) is 12.9. The molecule has 30 heavy (non-hydrogen) atoms. The van der Waals surface area contributed by atoms with Crippen molar-refractivity contribution >= 4 is 16.8 Å². The van der Waals surface area contributed by atoms with E-state index in [2.05, 4.69) is 67.2 Å². The van der Waals surface area contributed by atoms with Gasteiger partial charge >= 0.3 is 0 Å². The first-order chi connectivity index (χ1) is 14.6. The summed E-state index contributed by atoms with van der Waals surface area (Å²) in [6, 6.07) is 14.4. The highest BCUT2D eigenvalue weighted by Gasteiger charge is 2.25. The third-order valence-corrected chi connectivity index (χ3v) is 5.77. The van der Waals surface area contributed by atoms with E-state index < -0.39 is 0 Å². The van der Waals surface area contributed by atoms with E-state index in [9.17, 15) is 4.79 Å². The van der Waals surface area contributed by atoms with E-state index in [-0.39, 0.29) is 18.6 Å². The number of carbonyl (C=O) groups is 1. The highest BCUT2D eigenvalue weighted by atomic mass is 16.7. The lowest BCUT2D eigenvalue weighted by molar-refractivity contribution is -0.121.